The van der Waals surface area contributed by atoms with Crippen molar-refractivity contribution in [1.29, 1.82) is 0 Å². The number of ether oxygens (including phenoxy) is 1. The Labute approximate surface area is 135 Å². The van der Waals surface area contributed by atoms with Crippen LogP contribution in [0, 0.1) is 0 Å². The molecule has 1 N–H and O–H groups in total. The summed E-state index contributed by atoms with van der Waals surface area (Å²) < 4.78 is 31.0. The van der Waals surface area contributed by atoms with Gasteiger partial charge in [0.05, 0.1) is 17.7 Å². The second-order valence-electron chi connectivity index (χ2n) is 3.84. The second-order valence-corrected chi connectivity index (χ2v) is 7.64. The van der Waals surface area contributed by atoms with E-state index in [0.717, 1.165) is 11.3 Å². The van der Waals surface area contributed by atoms with Crippen molar-refractivity contribution >= 4 is 50.5 Å². The van der Waals surface area contributed by atoms with E-state index in [0.29, 0.717) is 10.1 Å². The van der Waals surface area contributed by atoms with E-state index in [1.165, 1.54) is 37.4 Å². The normalized spacial score (nSPS) is 11.2. The lowest BCUT2D eigenvalue weighted by Crippen LogP contribution is -2.30. The number of nitrogens with one attached hydrogen (secondary N) is 1. The monoisotopic (exact) mass is 365 g/mol. The molecule has 0 saturated carbocycles. The molecule has 0 atom stereocenters. The Morgan fingerprint density at radius 3 is 2.52 bits per heavy atom. The first kappa shape index (κ1) is 16.1. The number of sulfonamides is 1. The lowest BCUT2D eigenvalue weighted by atomic mass is 10.2. The lowest BCUT2D eigenvalue weighted by Gasteiger charge is -2.06. The van der Waals surface area contributed by atoms with Gasteiger partial charge >= 0.3 is 0 Å². The van der Waals surface area contributed by atoms with Gasteiger partial charge in [-0.1, -0.05) is 34.5 Å². The van der Waals surface area contributed by atoms with Crippen molar-refractivity contribution < 1.29 is 17.9 Å². The predicted molar refractivity (Wildman–Crippen MR) is 82.0 cm³/mol. The predicted octanol–water partition coefficient (Wildman–Crippen LogP) is 3.18. The van der Waals surface area contributed by atoms with E-state index in [9.17, 15) is 13.2 Å². The molecule has 0 aliphatic heterocycles. The number of methoxy groups -OCH3 is 1. The summed E-state index contributed by atoms with van der Waals surface area (Å²) in [5.74, 6) is -0.830. The van der Waals surface area contributed by atoms with Gasteiger partial charge < -0.3 is 4.74 Å². The van der Waals surface area contributed by atoms with Gasteiger partial charge in [0, 0.05) is 5.02 Å². The first-order valence-electron chi connectivity index (χ1n) is 5.49. The Bertz CT molecular complexity index is 786. The zero-order valence-corrected chi connectivity index (χ0v) is 13.7. The minimum absolute atomic E-state index is 0.0214. The van der Waals surface area contributed by atoms with Crippen molar-refractivity contribution in [2.24, 2.45) is 0 Å². The van der Waals surface area contributed by atoms with E-state index in [4.69, 9.17) is 27.9 Å². The van der Waals surface area contributed by atoms with Gasteiger partial charge in [-0.15, -0.1) is 0 Å². The van der Waals surface area contributed by atoms with Gasteiger partial charge in [0.2, 0.25) is 0 Å². The summed E-state index contributed by atoms with van der Waals surface area (Å²) in [4.78, 5) is 12.0. The first-order valence-corrected chi connectivity index (χ1v) is 8.55. The molecule has 0 aliphatic carbocycles. The molecule has 0 spiro atoms. The molecule has 0 aliphatic rings. The van der Waals surface area contributed by atoms with Crippen molar-refractivity contribution in [3.05, 3.63) is 45.9 Å². The SMILES string of the molecule is COc1ccc(S(=O)(=O)NC(=O)c2ccc(Cl)cc2Cl)s1. The standard InChI is InChI=1S/C12H9Cl2NO4S2/c1-19-10-4-5-11(20-10)21(17,18)15-12(16)8-3-2-7(13)6-9(8)14/h2-6H,1H3,(H,15,16). The van der Waals surface area contributed by atoms with Gasteiger partial charge in [-0.2, -0.15) is 0 Å². The van der Waals surface area contributed by atoms with Crippen molar-refractivity contribution in [3.63, 3.8) is 0 Å². The molecule has 0 fully saturated rings. The molecule has 0 radical (unpaired) electrons. The fraction of sp³-hybridized carbons (Fsp3) is 0.0833. The van der Waals surface area contributed by atoms with E-state index >= 15 is 0 Å². The molecule has 2 aromatic rings. The van der Waals surface area contributed by atoms with Crippen LogP contribution in [0.3, 0.4) is 0 Å². The number of hydrogen-bond donors (Lipinski definition) is 1. The molecule has 1 heterocycles. The van der Waals surface area contributed by atoms with Gasteiger partial charge in [-0.25, -0.2) is 13.1 Å². The Morgan fingerprint density at radius 1 is 1.24 bits per heavy atom. The summed E-state index contributed by atoms with van der Waals surface area (Å²) in [6, 6.07) is 7.01. The van der Waals surface area contributed by atoms with Crippen LogP contribution in [-0.2, 0) is 10.0 Å². The van der Waals surface area contributed by atoms with E-state index in [2.05, 4.69) is 0 Å². The van der Waals surface area contributed by atoms with Crippen LogP contribution < -0.4 is 9.46 Å². The van der Waals surface area contributed by atoms with Crippen molar-refractivity contribution in [3.8, 4) is 5.06 Å². The maximum Gasteiger partial charge on any atom is 0.273 e. The average Bonchev–Trinajstić information content (AvgIpc) is 2.87. The van der Waals surface area contributed by atoms with Gasteiger partial charge in [-0.05, 0) is 30.3 Å². The zero-order valence-electron chi connectivity index (χ0n) is 10.6. The Morgan fingerprint density at radius 2 is 1.95 bits per heavy atom. The highest BCUT2D eigenvalue weighted by molar-refractivity contribution is 7.92. The molecule has 0 saturated heterocycles. The van der Waals surface area contributed by atoms with Crippen molar-refractivity contribution in [2.75, 3.05) is 7.11 Å². The van der Waals surface area contributed by atoms with Crippen LogP contribution in [0.15, 0.2) is 34.5 Å². The molecular formula is C12H9Cl2NO4S2. The quantitative estimate of drug-likeness (QED) is 0.902. The lowest BCUT2D eigenvalue weighted by molar-refractivity contribution is 0.0981. The Kier molecular flexibility index (Phi) is 4.77. The van der Waals surface area contributed by atoms with E-state index in [-0.39, 0.29) is 14.8 Å². The van der Waals surface area contributed by atoms with Gasteiger partial charge in [0.1, 0.15) is 4.21 Å². The van der Waals surface area contributed by atoms with Crippen LogP contribution in [0.1, 0.15) is 10.4 Å². The molecule has 1 amide bonds. The van der Waals surface area contributed by atoms with Crippen LogP contribution in [0.5, 0.6) is 5.06 Å². The number of halogens is 2. The number of rotatable bonds is 4. The third-order valence-corrected chi connectivity index (χ3v) is 5.84. The zero-order chi connectivity index (χ0) is 15.6. The third-order valence-electron chi connectivity index (χ3n) is 2.43. The largest absolute Gasteiger partial charge is 0.487 e. The highest BCUT2D eigenvalue weighted by atomic mass is 35.5. The number of thiophene rings is 1. The maximum absolute atomic E-state index is 12.1. The van der Waals surface area contributed by atoms with E-state index in [1.54, 1.807) is 0 Å². The van der Waals surface area contributed by atoms with Crippen molar-refractivity contribution in [1.82, 2.24) is 4.72 Å². The highest BCUT2D eigenvalue weighted by Crippen LogP contribution is 2.28. The van der Waals surface area contributed by atoms with Crippen LogP contribution in [0.2, 0.25) is 10.0 Å². The van der Waals surface area contributed by atoms with E-state index in [1.807, 2.05) is 4.72 Å². The van der Waals surface area contributed by atoms with Crippen LogP contribution in [-0.4, -0.2) is 21.4 Å². The number of benzene rings is 1. The fourth-order valence-corrected chi connectivity index (χ4v) is 4.02. The third kappa shape index (κ3) is 3.68. The summed E-state index contributed by atoms with van der Waals surface area (Å²) >= 11 is 12.5. The molecular weight excluding hydrogens is 357 g/mol. The molecule has 0 bridgehead atoms. The number of hydrogen-bond acceptors (Lipinski definition) is 5. The average molecular weight is 366 g/mol. The second kappa shape index (κ2) is 6.23. The maximum atomic E-state index is 12.1. The topological polar surface area (TPSA) is 72.5 Å². The molecule has 1 aromatic heterocycles. The van der Waals surface area contributed by atoms with Gasteiger partial charge in [-0.3, -0.25) is 4.79 Å². The van der Waals surface area contributed by atoms with Gasteiger partial charge in [0.25, 0.3) is 15.9 Å². The highest BCUT2D eigenvalue weighted by Gasteiger charge is 2.22. The van der Waals surface area contributed by atoms with E-state index < -0.39 is 15.9 Å². The summed E-state index contributed by atoms with van der Waals surface area (Å²) in [5.41, 5.74) is 0.0214. The smallest absolute Gasteiger partial charge is 0.273 e. The summed E-state index contributed by atoms with van der Waals surface area (Å²) in [5, 5.41) is 0.841. The number of amides is 1. The minimum Gasteiger partial charge on any atom is -0.487 e. The Hall–Kier alpha value is -1.28. The van der Waals surface area contributed by atoms with Gasteiger partial charge in [0.15, 0.2) is 5.06 Å². The molecule has 2 rings (SSSR count). The molecule has 5 nitrogen and oxygen atoms in total. The minimum atomic E-state index is -3.98. The first-order chi connectivity index (χ1) is 9.83. The summed E-state index contributed by atoms with van der Waals surface area (Å²) in [6.45, 7) is 0. The molecule has 9 heteroatoms. The molecule has 1 aromatic carbocycles. The van der Waals surface area contributed by atoms with Crippen LogP contribution in [0.4, 0.5) is 0 Å². The number of carbonyl (C=O) groups excluding carboxylic acids is 1. The molecule has 0 unspecified atom stereocenters. The van der Waals surface area contributed by atoms with Crippen molar-refractivity contribution in [2.45, 2.75) is 4.21 Å². The summed E-state index contributed by atoms with van der Waals surface area (Å²) in [7, 11) is -2.55. The summed E-state index contributed by atoms with van der Waals surface area (Å²) in [6.07, 6.45) is 0. The Balaban J connectivity index is 2.25. The van der Waals surface area contributed by atoms with Crippen LogP contribution >= 0.6 is 34.5 Å². The number of carbonyl (C=O) groups is 1. The fourth-order valence-electron chi connectivity index (χ4n) is 1.46. The van der Waals surface area contributed by atoms with Crippen LogP contribution in [0.25, 0.3) is 0 Å². The molecule has 112 valence electrons. The molecule has 21 heavy (non-hydrogen) atoms.